The fraction of sp³-hybridized carbons (Fsp3) is 0.500. The van der Waals surface area contributed by atoms with Gasteiger partial charge in [-0.3, -0.25) is 9.69 Å². The molecular formula is C22H26F4N6O2. The van der Waals surface area contributed by atoms with Gasteiger partial charge in [0.05, 0.1) is 24.3 Å². The summed E-state index contributed by atoms with van der Waals surface area (Å²) >= 11 is 0. The van der Waals surface area contributed by atoms with Gasteiger partial charge in [0.1, 0.15) is 6.33 Å². The van der Waals surface area contributed by atoms with E-state index < -0.39 is 29.6 Å². The quantitative estimate of drug-likeness (QED) is 0.519. The van der Waals surface area contributed by atoms with Gasteiger partial charge in [-0.15, -0.1) is 0 Å². The van der Waals surface area contributed by atoms with Gasteiger partial charge in [-0.05, 0) is 37.1 Å². The molecule has 8 nitrogen and oxygen atoms in total. The van der Waals surface area contributed by atoms with Crippen LogP contribution in [0.1, 0.15) is 30.0 Å². The first-order valence-electron chi connectivity index (χ1n) is 11.0. The predicted octanol–water partition coefficient (Wildman–Crippen LogP) is 2.17. The molecule has 0 radical (unpaired) electrons. The summed E-state index contributed by atoms with van der Waals surface area (Å²) in [5.74, 6) is -1.20. The van der Waals surface area contributed by atoms with Gasteiger partial charge < -0.3 is 21.1 Å². The number of amides is 1. The van der Waals surface area contributed by atoms with E-state index in [4.69, 9.17) is 5.73 Å². The summed E-state index contributed by atoms with van der Waals surface area (Å²) in [6, 6.07) is 4.58. The molecule has 2 aromatic rings. The minimum atomic E-state index is -4.41. The van der Waals surface area contributed by atoms with Crippen LogP contribution in [0.25, 0.3) is 0 Å². The number of piperidine rings is 1. The lowest BCUT2D eigenvalue weighted by Gasteiger charge is -2.42. The van der Waals surface area contributed by atoms with E-state index in [9.17, 15) is 23.1 Å². The van der Waals surface area contributed by atoms with Gasteiger partial charge in [-0.2, -0.15) is 17.6 Å². The minimum absolute atomic E-state index is 0.00478. The predicted molar refractivity (Wildman–Crippen MR) is 116 cm³/mol. The number of carbonyl (C=O) groups excluding carboxylic acids is 1. The molecule has 2 aliphatic heterocycles. The molecule has 1 aromatic carbocycles. The minimum Gasteiger partial charge on any atom is -0.391 e. The number of primary amides is 1. The third-order valence-electron chi connectivity index (χ3n) is 6.40. The number of aliphatic hydroxyl groups excluding tert-OH is 1. The summed E-state index contributed by atoms with van der Waals surface area (Å²) < 4.78 is 53.7. The smallest absolute Gasteiger partial charge is 0.391 e. The zero-order valence-corrected chi connectivity index (χ0v) is 18.3. The number of aromatic nitrogens is 2. The number of carbonyl (C=O) groups is 1. The molecule has 0 saturated carbocycles. The van der Waals surface area contributed by atoms with Gasteiger partial charge in [0.15, 0.2) is 11.6 Å². The highest BCUT2D eigenvalue weighted by Crippen LogP contribution is 2.39. The number of likely N-dealkylation sites (tertiary alicyclic amines) is 1. The van der Waals surface area contributed by atoms with Crippen molar-refractivity contribution in [2.24, 2.45) is 11.7 Å². The molecule has 1 aromatic heterocycles. The first-order valence-corrected chi connectivity index (χ1v) is 11.0. The molecule has 2 aliphatic rings. The molecule has 0 bridgehead atoms. The van der Waals surface area contributed by atoms with Crippen molar-refractivity contribution >= 4 is 17.5 Å². The van der Waals surface area contributed by atoms with E-state index >= 15 is 4.39 Å². The first kappa shape index (κ1) is 24.1. The van der Waals surface area contributed by atoms with Crippen molar-refractivity contribution < 1.29 is 27.5 Å². The van der Waals surface area contributed by atoms with Crippen LogP contribution in [0.5, 0.6) is 0 Å². The van der Waals surface area contributed by atoms with Crippen LogP contribution in [0.2, 0.25) is 0 Å². The van der Waals surface area contributed by atoms with Gasteiger partial charge in [-0.1, -0.05) is 12.1 Å². The van der Waals surface area contributed by atoms with Crippen LogP contribution in [-0.4, -0.2) is 64.7 Å². The number of anilines is 2. The molecule has 4 rings (SSSR count). The number of nitrogens with one attached hydrogen (secondary N) is 1. The maximum atomic E-state index is 15.2. The number of β-amino-alcohol motifs (C(OH)–C–C–N with tert-alkyl or cyclic N) is 1. The molecule has 2 fully saturated rings. The Kier molecular flexibility index (Phi) is 6.89. The standard InChI is InChI=1S/C22H26F4N6O2/c23-19-20(28-9-14-5-7-31(10-17(14)33)11-18(27)34)29-12-30-21(19)32-8-6-16(32)13-1-3-15(4-2-13)22(24,25)26/h1-4,12,14,16-17,33H,5-11H2,(H2,27,34)(H,28,29,30)/t14-,16?,17+/m0/s1. The number of alkyl halides is 3. The summed E-state index contributed by atoms with van der Waals surface area (Å²) in [5.41, 5.74) is 5.12. The monoisotopic (exact) mass is 482 g/mol. The number of rotatable bonds is 7. The van der Waals surface area contributed by atoms with Crippen LogP contribution < -0.4 is 16.0 Å². The summed E-state index contributed by atoms with van der Waals surface area (Å²) in [5, 5.41) is 13.3. The average Bonchev–Trinajstić information content (AvgIpc) is 2.74. The van der Waals surface area contributed by atoms with Crippen LogP contribution in [-0.2, 0) is 11.0 Å². The second kappa shape index (κ2) is 9.71. The number of benzene rings is 1. The molecule has 34 heavy (non-hydrogen) atoms. The van der Waals surface area contributed by atoms with Crippen molar-refractivity contribution in [1.29, 1.82) is 0 Å². The number of halogens is 4. The molecule has 0 aliphatic carbocycles. The van der Waals surface area contributed by atoms with Gasteiger partial charge in [0.25, 0.3) is 0 Å². The van der Waals surface area contributed by atoms with Crippen molar-refractivity contribution in [1.82, 2.24) is 14.9 Å². The number of nitrogens with zero attached hydrogens (tertiary/aromatic N) is 4. The zero-order valence-electron chi connectivity index (χ0n) is 18.3. The van der Waals surface area contributed by atoms with Crippen molar-refractivity contribution in [3.8, 4) is 0 Å². The van der Waals surface area contributed by atoms with E-state index in [0.29, 0.717) is 38.0 Å². The molecule has 1 unspecified atom stereocenters. The van der Waals surface area contributed by atoms with Gasteiger partial charge >= 0.3 is 6.18 Å². The SMILES string of the molecule is NC(=O)CN1CC[C@@H](CNc2ncnc(N3CCC3c3ccc(C(F)(F)F)cc3)c2F)[C@H](O)C1. The summed E-state index contributed by atoms with van der Waals surface area (Å²) in [4.78, 5) is 22.6. The van der Waals surface area contributed by atoms with Crippen molar-refractivity contribution in [3.63, 3.8) is 0 Å². The lowest BCUT2D eigenvalue weighted by Crippen LogP contribution is -2.48. The molecule has 3 atom stereocenters. The second-order valence-electron chi connectivity index (χ2n) is 8.68. The fourth-order valence-electron chi connectivity index (χ4n) is 4.44. The van der Waals surface area contributed by atoms with Gasteiger partial charge in [0, 0.05) is 25.6 Å². The van der Waals surface area contributed by atoms with Crippen LogP contribution in [0, 0.1) is 11.7 Å². The van der Waals surface area contributed by atoms with Crippen LogP contribution in [0.3, 0.4) is 0 Å². The Morgan fingerprint density at radius 2 is 1.91 bits per heavy atom. The van der Waals surface area contributed by atoms with Gasteiger partial charge in [-0.25, -0.2) is 9.97 Å². The Balaban J connectivity index is 1.40. The third-order valence-corrected chi connectivity index (χ3v) is 6.40. The van der Waals surface area contributed by atoms with E-state index in [-0.39, 0.29) is 36.7 Å². The van der Waals surface area contributed by atoms with Crippen molar-refractivity contribution in [3.05, 3.63) is 47.5 Å². The normalized spacial score (nSPS) is 23.4. The highest BCUT2D eigenvalue weighted by molar-refractivity contribution is 5.75. The largest absolute Gasteiger partial charge is 0.416 e. The summed E-state index contributed by atoms with van der Waals surface area (Å²) in [6.07, 6.45) is -2.63. The van der Waals surface area contributed by atoms with Crippen LogP contribution in [0.15, 0.2) is 30.6 Å². The van der Waals surface area contributed by atoms with E-state index in [1.807, 2.05) is 0 Å². The topological polar surface area (TPSA) is 108 Å². The van der Waals surface area contributed by atoms with Crippen molar-refractivity contribution in [2.45, 2.75) is 31.2 Å². The second-order valence-corrected chi connectivity index (χ2v) is 8.68. The Morgan fingerprint density at radius 3 is 2.50 bits per heavy atom. The Labute approximate surface area is 193 Å². The number of nitrogens with two attached hydrogens (primary N) is 1. The molecule has 2 saturated heterocycles. The molecule has 0 spiro atoms. The van der Waals surface area contributed by atoms with E-state index in [1.54, 1.807) is 9.80 Å². The van der Waals surface area contributed by atoms with Gasteiger partial charge in [0.2, 0.25) is 11.7 Å². The zero-order chi connectivity index (χ0) is 24.5. The Bertz CT molecular complexity index is 1020. The molecular weight excluding hydrogens is 456 g/mol. The maximum Gasteiger partial charge on any atom is 0.416 e. The van der Waals surface area contributed by atoms with Crippen LogP contribution in [0.4, 0.5) is 29.2 Å². The number of hydrogen-bond donors (Lipinski definition) is 3. The maximum absolute atomic E-state index is 15.2. The Hall–Kier alpha value is -2.99. The third kappa shape index (κ3) is 5.22. The molecule has 3 heterocycles. The molecule has 184 valence electrons. The average molecular weight is 482 g/mol. The fourth-order valence-corrected chi connectivity index (χ4v) is 4.44. The first-order chi connectivity index (χ1) is 16.1. The number of hydrogen-bond acceptors (Lipinski definition) is 7. The lowest BCUT2D eigenvalue weighted by atomic mass is 9.93. The summed E-state index contributed by atoms with van der Waals surface area (Å²) in [6.45, 7) is 1.76. The molecule has 1 amide bonds. The van der Waals surface area contributed by atoms with E-state index in [2.05, 4.69) is 15.3 Å². The van der Waals surface area contributed by atoms with Crippen molar-refractivity contribution in [2.75, 3.05) is 42.9 Å². The lowest BCUT2D eigenvalue weighted by molar-refractivity contribution is -0.137. The van der Waals surface area contributed by atoms with E-state index in [0.717, 1.165) is 12.1 Å². The van der Waals surface area contributed by atoms with E-state index in [1.165, 1.54) is 18.5 Å². The highest BCUT2D eigenvalue weighted by atomic mass is 19.4. The molecule has 12 heteroatoms. The molecule has 4 N–H and O–H groups in total. The Morgan fingerprint density at radius 1 is 1.18 bits per heavy atom. The van der Waals surface area contributed by atoms with Crippen LogP contribution >= 0.6 is 0 Å². The highest BCUT2D eigenvalue weighted by Gasteiger charge is 2.35. The number of aliphatic hydroxyl groups is 1. The summed E-state index contributed by atoms with van der Waals surface area (Å²) in [7, 11) is 0.